The second-order valence-electron chi connectivity index (χ2n) is 6.23. The van der Waals surface area contributed by atoms with E-state index in [1.165, 1.54) is 5.56 Å². The molecular formula is C18H27ClN2O2. The minimum atomic E-state index is -0.318. The number of halogens is 1. The number of likely N-dealkylation sites (N-methyl/N-ethyl adjacent to an activating group) is 1. The summed E-state index contributed by atoms with van der Waals surface area (Å²) >= 11 is 5.64. The maximum absolute atomic E-state index is 9.60. The fourth-order valence-electron chi connectivity index (χ4n) is 1.65. The van der Waals surface area contributed by atoms with Gasteiger partial charge in [-0.05, 0) is 64.9 Å². The number of hydrogen-bond acceptors (Lipinski definition) is 4. The first-order valence-electron chi connectivity index (χ1n) is 7.67. The van der Waals surface area contributed by atoms with Crippen molar-refractivity contribution in [1.82, 2.24) is 4.90 Å². The van der Waals surface area contributed by atoms with E-state index in [0.29, 0.717) is 6.47 Å². The molecule has 0 atom stereocenters. The number of nitrogens with zero attached hydrogens (tertiary/aromatic N) is 2. The van der Waals surface area contributed by atoms with Crippen LogP contribution in [0.4, 0.5) is 0 Å². The number of nitriles is 1. The average molecular weight is 339 g/mol. The summed E-state index contributed by atoms with van der Waals surface area (Å²) in [4.78, 5) is 11.9. The molecule has 0 amide bonds. The number of carbonyl (C=O) groups is 1. The summed E-state index contributed by atoms with van der Waals surface area (Å²) in [7, 11) is 2.11. The third kappa shape index (κ3) is 12.6. The zero-order chi connectivity index (χ0) is 17.7. The molecule has 1 rings (SSSR count). The molecule has 5 heteroatoms. The van der Waals surface area contributed by atoms with E-state index in [2.05, 4.69) is 22.8 Å². The highest BCUT2D eigenvalue weighted by molar-refractivity contribution is 6.17. The first-order valence-corrected chi connectivity index (χ1v) is 8.21. The molecule has 1 aromatic rings. The van der Waals surface area contributed by atoms with E-state index in [1.807, 2.05) is 45.0 Å². The van der Waals surface area contributed by atoms with Gasteiger partial charge in [0.25, 0.3) is 6.47 Å². The van der Waals surface area contributed by atoms with Crippen LogP contribution in [-0.4, -0.2) is 43.0 Å². The van der Waals surface area contributed by atoms with Crippen LogP contribution in [0.3, 0.4) is 0 Å². The summed E-state index contributed by atoms with van der Waals surface area (Å²) in [6.45, 7) is 7.99. The van der Waals surface area contributed by atoms with Crippen molar-refractivity contribution >= 4 is 18.1 Å². The Labute approximate surface area is 145 Å². The lowest BCUT2D eigenvalue weighted by Crippen LogP contribution is -2.22. The van der Waals surface area contributed by atoms with Crippen molar-refractivity contribution < 1.29 is 9.53 Å². The molecule has 0 fully saturated rings. The number of benzene rings is 1. The van der Waals surface area contributed by atoms with Crippen LogP contribution >= 0.6 is 11.6 Å². The number of ether oxygens (including phenoxy) is 1. The molecule has 0 bridgehead atoms. The van der Waals surface area contributed by atoms with Gasteiger partial charge in [0.2, 0.25) is 0 Å². The first-order chi connectivity index (χ1) is 10.8. The summed E-state index contributed by atoms with van der Waals surface area (Å²) < 4.78 is 4.55. The lowest BCUT2D eigenvalue weighted by molar-refractivity contribution is -0.138. The van der Waals surface area contributed by atoms with E-state index in [0.717, 1.165) is 37.4 Å². The number of hydrogen-bond donors (Lipinski definition) is 0. The van der Waals surface area contributed by atoms with Crippen LogP contribution in [0.2, 0.25) is 0 Å². The van der Waals surface area contributed by atoms with Crippen molar-refractivity contribution in [3.63, 3.8) is 0 Å². The molecule has 0 heterocycles. The Morgan fingerprint density at radius 2 is 1.87 bits per heavy atom. The van der Waals surface area contributed by atoms with Crippen LogP contribution in [0.15, 0.2) is 24.3 Å². The molecule has 23 heavy (non-hydrogen) atoms. The predicted octanol–water partition coefficient (Wildman–Crippen LogP) is 3.62. The van der Waals surface area contributed by atoms with Crippen molar-refractivity contribution in [2.24, 2.45) is 0 Å². The Bertz CT molecular complexity index is 475. The SMILES string of the molecule is CC(C)(C)OC=O.CN(CCCCl)CCc1ccc(C#N)cc1. The molecule has 0 aliphatic rings. The minimum Gasteiger partial charge on any atom is -0.462 e. The van der Waals surface area contributed by atoms with Gasteiger partial charge in [-0.15, -0.1) is 11.6 Å². The number of carbonyl (C=O) groups excluding carboxylic acids is 1. The van der Waals surface area contributed by atoms with E-state index in [1.54, 1.807) is 0 Å². The van der Waals surface area contributed by atoms with Gasteiger partial charge in [-0.2, -0.15) is 5.26 Å². The van der Waals surface area contributed by atoms with Gasteiger partial charge in [0.05, 0.1) is 11.6 Å². The topological polar surface area (TPSA) is 53.3 Å². The lowest BCUT2D eigenvalue weighted by Gasteiger charge is -2.15. The molecule has 0 radical (unpaired) electrons. The Kier molecular flexibility index (Phi) is 11.1. The van der Waals surface area contributed by atoms with E-state index in [9.17, 15) is 4.79 Å². The summed E-state index contributed by atoms with van der Waals surface area (Å²) in [5.74, 6) is 0.723. The largest absolute Gasteiger partial charge is 0.462 e. The molecule has 0 unspecified atom stereocenters. The van der Waals surface area contributed by atoms with Crippen LogP contribution in [0.1, 0.15) is 38.3 Å². The standard InChI is InChI=1S/C13H17ClN2.C5H10O2/c1-16(9-2-8-14)10-7-12-3-5-13(11-15)6-4-12;1-5(2,3)7-4-6/h3-6H,2,7-10H2,1H3;4H,1-3H3. The van der Waals surface area contributed by atoms with Gasteiger partial charge < -0.3 is 9.64 Å². The van der Waals surface area contributed by atoms with Gasteiger partial charge in [0, 0.05) is 12.4 Å². The van der Waals surface area contributed by atoms with Gasteiger partial charge in [-0.1, -0.05) is 12.1 Å². The van der Waals surface area contributed by atoms with Crippen LogP contribution in [-0.2, 0) is 16.0 Å². The Morgan fingerprint density at radius 3 is 2.26 bits per heavy atom. The summed E-state index contributed by atoms with van der Waals surface area (Å²) in [6.07, 6.45) is 2.05. The normalized spacial score (nSPS) is 10.5. The lowest BCUT2D eigenvalue weighted by atomic mass is 10.1. The third-order valence-electron chi connectivity index (χ3n) is 2.94. The van der Waals surface area contributed by atoms with Crippen LogP contribution in [0.5, 0.6) is 0 Å². The monoisotopic (exact) mass is 338 g/mol. The van der Waals surface area contributed by atoms with Crippen LogP contribution in [0, 0.1) is 11.3 Å². The Hall–Kier alpha value is -1.57. The van der Waals surface area contributed by atoms with Gasteiger partial charge in [-0.3, -0.25) is 4.79 Å². The Balaban J connectivity index is 0.000000585. The van der Waals surface area contributed by atoms with Gasteiger partial charge >= 0.3 is 0 Å². The van der Waals surface area contributed by atoms with Gasteiger partial charge in [0.1, 0.15) is 5.60 Å². The summed E-state index contributed by atoms with van der Waals surface area (Å²) in [6, 6.07) is 9.90. The molecule has 4 nitrogen and oxygen atoms in total. The highest BCUT2D eigenvalue weighted by Crippen LogP contribution is 2.05. The quantitative estimate of drug-likeness (QED) is 0.563. The van der Waals surface area contributed by atoms with Crippen molar-refractivity contribution in [2.45, 2.75) is 39.2 Å². The van der Waals surface area contributed by atoms with E-state index >= 15 is 0 Å². The van der Waals surface area contributed by atoms with E-state index < -0.39 is 0 Å². The first kappa shape index (κ1) is 21.4. The fraction of sp³-hybridized carbons (Fsp3) is 0.556. The maximum Gasteiger partial charge on any atom is 0.293 e. The fourth-order valence-corrected chi connectivity index (χ4v) is 1.77. The van der Waals surface area contributed by atoms with Gasteiger partial charge in [0.15, 0.2) is 0 Å². The minimum absolute atomic E-state index is 0.318. The predicted molar refractivity (Wildman–Crippen MR) is 94.6 cm³/mol. The molecule has 0 spiro atoms. The van der Waals surface area contributed by atoms with Gasteiger partial charge in [-0.25, -0.2) is 0 Å². The highest BCUT2D eigenvalue weighted by atomic mass is 35.5. The smallest absolute Gasteiger partial charge is 0.293 e. The van der Waals surface area contributed by atoms with E-state index in [4.69, 9.17) is 16.9 Å². The molecular weight excluding hydrogens is 312 g/mol. The Morgan fingerprint density at radius 1 is 1.26 bits per heavy atom. The van der Waals surface area contributed by atoms with Crippen molar-refractivity contribution in [1.29, 1.82) is 5.26 Å². The zero-order valence-electron chi connectivity index (χ0n) is 14.5. The summed E-state index contributed by atoms with van der Waals surface area (Å²) in [5.41, 5.74) is 1.68. The second-order valence-corrected chi connectivity index (χ2v) is 6.61. The molecule has 0 N–H and O–H groups in total. The molecule has 0 saturated carbocycles. The highest BCUT2D eigenvalue weighted by Gasteiger charge is 2.07. The molecule has 128 valence electrons. The molecule has 0 aliphatic heterocycles. The van der Waals surface area contributed by atoms with Crippen molar-refractivity contribution in [3.8, 4) is 6.07 Å². The van der Waals surface area contributed by atoms with Crippen LogP contribution in [0.25, 0.3) is 0 Å². The molecule has 0 aliphatic carbocycles. The summed E-state index contributed by atoms with van der Waals surface area (Å²) in [5, 5.41) is 8.67. The molecule has 0 saturated heterocycles. The van der Waals surface area contributed by atoms with E-state index in [-0.39, 0.29) is 5.60 Å². The maximum atomic E-state index is 9.60. The van der Waals surface area contributed by atoms with Crippen molar-refractivity contribution in [3.05, 3.63) is 35.4 Å². The zero-order valence-corrected chi connectivity index (χ0v) is 15.3. The molecule has 1 aromatic carbocycles. The molecule has 0 aromatic heterocycles. The number of alkyl halides is 1. The third-order valence-corrected chi connectivity index (χ3v) is 3.21. The average Bonchev–Trinajstić information content (AvgIpc) is 2.51. The number of rotatable bonds is 7. The second kappa shape index (κ2) is 11.9. The van der Waals surface area contributed by atoms with Crippen molar-refractivity contribution in [2.75, 3.05) is 26.0 Å². The van der Waals surface area contributed by atoms with Crippen LogP contribution < -0.4 is 0 Å².